The van der Waals surface area contributed by atoms with Gasteiger partial charge < -0.3 is 34.5 Å². The van der Waals surface area contributed by atoms with Gasteiger partial charge in [-0.25, -0.2) is 9.59 Å². The van der Waals surface area contributed by atoms with E-state index in [-0.39, 0.29) is 31.1 Å². The third-order valence-corrected chi connectivity index (χ3v) is 8.76. The predicted molar refractivity (Wildman–Crippen MR) is 193 cm³/mol. The number of benzene rings is 5. The van der Waals surface area contributed by atoms with Crippen LogP contribution >= 0.6 is 11.6 Å². The summed E-state index contributed by atoms with van der Waals surface area (Å²) in [4.78, 5) is 40.2. The first-order chi connectivity index (χ1) is 24.3. The van der Waals surface area contributed by atoms with Gasteiger partial charge in [0.15, 0.2) is 0 Å². The van der Waals surface area contributed by atoms with E-state index in [4.69, 9.17) is 30.5 Å². The lowest BCUT2D eigenvalue weighted by atomic mass is 10.1. The first kappa shape index (κ1) is 34.1. The summed E-state index contributed by atoms with van der Waals surface area (Å²) in [5, 5.41) is 8.10. The molecule has 6 rings (SSSR count). The SMILES string of the molecule is COC(=O)c1ccc(OC[C@@H]2C[C@H](Oc3ccc4ccccc4c3)CN2C(=O)Cc2ccc(NC(=O)Nc3ccccc3Cl)c(OC)c2)cc1. The van der Waals surface area contributed by atoms with Crippen LogP contribution in [-0.2, 0) is 16.0 Å². The standard InChI is InChI=1S/C39H36ClN3O7/c1-47-36-19-25(11-18-35(36)42-39(46)41-34-10-6-5-9-33(34)40)20-37(44)43-23-32(50-31-17-12-26-7-3-4-8-28(26)21-31)22-29(43)24-49-30-15-13-27(14-16-30)38(45)48-2/h3-19,21,29,32H,20,22-24H2,1-2H3,(H2,41,42,46)/t29-,32-/m0/s1. The molecule has 5 aromatic rings. The summed E-state index contributed by atoms with van der Waals surface area (Å²) in [6, 6.07) is 32.1. The van der Waals surface area contributed by atoms with Crippen LogP contribution in [0.4, 0.5) is 16.2 Å². The summed E-state index contributed by atoms with van der Waals surface area (Å²) >= 11 is 6.17. The van der Waals surface area contributed by atoms with Crippen molar-refractivity contribution in [2.45, 2.75) is 25.0 Å². The highest BCUT2D eigenvalue weighted by Crippen LogP contribution is 2.30. The van der Waals surface area contributed by atoms with Gasteiger partial charge in [0.1, 0.15) is 30.0 Å². The molecule has 2 atom stereocenters. The summed E-state index contributed by atoms with van der Waals surface area (Å²) in [5.74, 6) is 1.16. The van der Waals surface area contributed by atoms with Crippen molar-refractivity contribution in [2.24, 2.45) is 0 Å². The summed E-state index contributed by atoms with van der Waals surface area (Å²) in [5.41, 5.74) is 2.03. The molecule has 0 aromatic heterocycles. The van der Waals surface area contributed by atoms with E-state index in [1.807, 2.05) is 42.5 Å². The topological polar surface area (TPSA) is 115 Å². The molecule has 1 heterocycles. The molecule has 1 saturated heterocycles. The zero-order valence-corrected chi connectivity index (χ0v) is 28.3. The van der Waals surface area contributed by atoms with E-state index in [9.17, 15) is 14.4 Å². The molecule has 0 radical (unpaired) electrons. The minimum atomic E-state index is -0.488. The van der Waals surface area contributed by atoms with Crippen LogP contribution in [-0.4, -0.2) is 62.3 Å². The third-order valence-electron chi connectivity index (χ3n) is 8.43. The Hall–Kier alpha value is -5.74. The number of rotatable bonds is 11. The van der Waals surface area contributed by atoms with E-state index in [1.54, 1.807) is 71.6 Å². The average Bonchev–Trinajstić information content (AvgIpc) is 3.54. The Morgan fingerprint density at radius 3 is 2.28 bits per heavy atom. The number of carbonyl (C=O) groups is 3. The highest BCUT2D eigenvalue weighted by atomic mass is 35.5. The van der Waals surface area contributed by atoms with Crippen LogP contribution in [0.1, 0.15) is 22.3 Å². The molecule has 0 unspecified atom stereocenters. The molecular formula is C39H36ClN3O7. The Labute approximate surface area is 294 Å². The molecule has 11 heteroatoms. The molecule has 0 bridgehead atoms. The van der Waals surface area contributed by atoms with E-state index in [1.165, 1.54) is 14.2 Å². The smallest absolute Gasteiger partial charge is 0.337 e. The molecule has 0 aliphatic carbocycles. The molecule has 2 N–H and O–H groups in total. The zero-order chi connectivity index (χ0) is 35.0. The van der Waals surface area contributed by atoms with Crippen molar-refractivity contribution in [1.29, 1.82) is 0 Å². The summed E-state index contributed by atoms with van der Waals surface area (Å²) in [6.07, 6.45) is 0.397. The molecule has 1 aliphatic rings. The number of amides is 3. The van der Waals surface area contributed by atoms with E-state index in [2.05, 4.69) is 10.6 Å². The van der Waals surface area contributed by atoms with Crippen molar-refractivity contribution in [3.63, 3.8) is 0 Å². The van der Waals surface area contributed by atoms with Gasteiger partial charge in [-0.15, -0.1) is 0 Å². The number of nitrogens with zero attached hydrogens (tertiary/aromatic N) is 1. The number of anilines is 2. The van der Waals surface area contributed by atoms with Gasteiger partial charge in [-0.2, -0.15) is 0 Å². The number of methoxy groups -OCH3 is 2. The molecule has 5 aromatic carbocycles. The van der Waals surface area contributed by atoms with E-state index in [0.29, 0.717) is 52.0 Å². The molecule has 0 saturated carbocycles. The molecule has 1 aliphatic heterocycles. The second-order valence-electron chi connectivity index (χ2n) is 11.8. The molecule has 3 amide bonds. The summed E-state index contributed by atoms with van der Waals surface area (Å²) < 4.78 is 22.9. The van der Waals surface area contributed by atoms with Gasteiger partial charge in [0.05, 0.1) is 55.2 Å². The molecule has 10 nitrogen and oxygen atoms in total. The van der Waals surface area contributed by atoms with Crippen molar-refractivity contribution in [3.8, 4) is 17.2 Å². The van der Waals surface area contributed by atoms with Gasteiger partial charge in [-0.3, -0.25) is 4.79 Å². The van der Waals surface area contributed by atoms with Gasteiger partial charge in [0.25, 0.3) is 0 Å². The predicted octanol–water partition coefficient (Wildman–Crippen LogP) is 7.60. The van der Waals surface area contributed by atoms with Crippen LogP contribution in [0.5, 0.6) is 17.2 Å². The Balaban J connectivity index is 1.15. The lowest BCUT2D eigenvalue weighted by Crippen LogP contribution is -2.40. The number of nitrogens with one attached hydrogen (secondary N) is 2. The Morgan fingerprint density at radius 2 is 1.52 bits per heavy atom. The lowest BCUT2D eigenvalue weighted by molar-refractivity contribution is -0.132. The first-order valence-electron chi connectivity index (χ1n) is 16.0. The third kappa shape index (κ3) is 8.27. The number of esters is 1. The normalized spacial score (nSPS) is 15.3. The fourth-order valence-corrected chi connectivity index (χ4v) is 6.10. The summed E-state index contributed by atoms with van der Waals surface area (Å²) in [6.45, 7) is 0.605. The number of hydrogen-bond donors (Lipinski definition) is 2. The monoisotopic (exact) mass is 693 g/mol. The maximum atomic E-state index is 13.9. The van der Waals surface area contributed by atoms with Crippen LogP contribution < -0.4 is 24.8 Å². The molecule has 0 spiro atoms. The average molecular weight is 694 g/mol. The van der Waals surface area contributed by atoms with Crippen LogP contribution in [0.2, 0.25) is 5.02 Å². The van der Waals surface area contributed by atoms with Gasteiger partial charge in [-0.1, -0.05) is 60.1 Å². The largest absolute Gasteiger partial charge is 0.495 e. The highest BCUT2D eigenvalue weighted by molar-refractivity contribution is 6.33. The number of urea groups is 1. The highest BCUT2D eigenvalue weighted by Gasteiger charge is 2.37. The maximum absolute atomic E-state index is 13.9. The van der Waals surface area contributed by atoms with Crippen LogP contribution in [0, 0.1) is 0 Å². The fraction of sp³-hybridized carbons (Fsp3) is 0.205. The minimum absolute atomic E-state index is 0.0927. The lowest BCUT2D eigenvalue weighted by Gasteiger charge is -2.25. The van der Waals surface area contributed by atoms with Crippen LogP contribution in [0.15, 0.2) is 109 Å². The number of fused-ring (bicyclic) bond motifs is 1. The second kappa shape index (κ2) is 15.7. The van der Waals surface area contributed by atoms with E-state index in [0.717, 1.165) is 16.5 Å². The number of para-hydroxylation sites is 1. The molecular weight excluding hydrogens is 658 g/mol. The number of ether oxygens (including phenoxy) is 4. The molecule has 50 heavy (non-hydrogen) atoms. The number of carbonyl (C=O) groups excluding carboxylic acids is 3. The Bertz CT molecular complexity index is 2000. The van der Waals surface area contributed by atoms with Crippen molar-refractivity contribution in [2.75, 3.05) is 38.0 Å². The van der Waals surface area contributed by atoms with Crippen molar-refractivity contribution in [1.82, 2.24) is 4.90 Å². The van der Waals surface area contributed by atoms with Crippen molar-refractivity contribution < 1.29 is 33.3 Å². The molecule has 256 valence electrons. The number of halogens is 1. The maximum Gasteiger partial charge on any atom is 0.337 e. The van der Waals surface area contributed by atoms with Gasteiger partial charge in [0, 0.05) is 6.42 Å². The zero-order valence-electron chi connectivity index (χ0n) is 27.6. The van der Waals surface area contributed by atoms with E-state index >= 15 is 0 Å². The number of hydrogen-bond acceptors (Lipinski definition) is 7. The van der Waals surface area contributed by atoms with Gasteiger partial charge in [0.2, 0.25) is 5.91 Å². The van der Waals surface area contributed by atoms with E-state index < -0.39 is 12.0 Å². The van der Waals surface area contributed by atoms with Crippen molar-refractivity contribution >= 4 is 51.7 Å². The molecule has 1 fully saturated rings. The first-order valence-corrected chi connectivity index (χ1v) is 16.4. The van der Waals surface area contributed by atoms with Crippen LogP contribution in [0.25, 0.3) is 10.8 Å². The fourth-order valence-electron chi connectivity index (χ4n) is 5.92. The Kier molecular flexibility index (Phi) is 10.7. The van der Waals surface area contributed by atoms with Gasteiger partial charge in [-0.05, 0) is 77.0 Å². The number of likely N-dealkylation sites (tertiary alicyclic amines) is 1. The minimum Gasteiger partial charge on any atom is -0.495 e. The quantitative estimate of drug-likeness (QED) is 0.137. The second-order valence-corrected chi connectivity index (χ2v) is 12.2. The Morgan fingerprint density at radius 1 is 0.800 bits per heavy atom. The van der Waals surface area contributed by atoms with Gasteiger partial charge >= 0.3 is 12.0 Å². The van der Waals surface area contributed by atoms with Crippen molar-refractivity contribution in [3.05, 3.63) is 125 Å². The summed E-state index contributed by atoms with van der Waals surface area (Å²) in [7, 11) is 2.83. The van der Waals surface area contributed by atoms with Crippen LogP contribution in [0.3, 0.4) is 0 Å².